The van der Waals surface area contributed by atoms with Crippen molar-refractivity contribution >= 4 is 15.9 Å². The molecule has 0 saturated heterocycles. The summed E-state index contributed by atoms with van der Waals surface area (Å²) in [4.78, 5) is 3.99. The Labute approximate surface area is 115 Å². The van der Waals surface area contributed by atoms with Crippen LogP contribution in [-0.4, -0.2) is 22.7 Å². The number of rotatable bonds is 6. The highest BCUT2D eigenvalue weighted by atomic mass is 79.9. The van der Waals surface area contributed by atoms with Crippen molar-refractivity contribution in [2.24, 2.45) is 5.73 Å². The van der Waals surface area contributed by atoms with Crippen LogP contribution in [0.3, 0.4) is 0 Å². The highest BCUT2D eigenvalue weighted by Gasteiger charge is 2.07. The molecule has 0 aliphatic heterocycles. The summed E-state index contributed by atoms with van der Waals surface area (Å²) in [6.07, 6.45) is 6.28. The van der Waals surface area contributed by atoms with Crippen molar-refractivity contribution in [2.45, 2.75) is 13.0 Å². The molecule has 0 radical (unpaired) electrons. The van der Waals surface area contributed by atoms with E-state index in [-0.39, 0.29) is 0 Å². The Morgan fingerprint density at radius 1 is 1.39 bits per heavy atom. The summed E-state index contributed by atoms with van der Waals surface area (Å²) in [5.74, 6) is 0.892. The van der Waals surface area contributed by atoms with E-state index in [0.29, 0.717) is 13.2 Å². The van der Waals surface area contributed by atoms with E-state index in [9.17, 15) is 0 Å². The molecule has 2 N–H and O–H groups in total. The lowest BCUT2D eigenvalue weighted by atomic mass is 10.1. The zero-order chi connectivity index (χ0) is 12.8. The second kappa shape index (κ2) is 6.56. The number of hydrogen-bond acceptors (Lipinski definition) is 3. The first-order chi connectivity index (χ1) is 8.81. The maximum absolute atomic E-state index is 5.84. The summed E-state index contributed by atoms with van der Waals surface area (Å²) in [6.45, 7) is 2.01. The molecule has 0 bridgehead atoms. The average molecular weight is 310 g/mol. The number of nitrogens with two attached hydrogens (primary N) is 1. The second-order valence-corrected chi connectivity index (χ2v) is 4.77. The first-order valence-corrected chi connectivity index (χ1v) is 6.66. The van der Waals surface area contributed by atoms with Gasteiger partial charge in [0.1, 0.15) is 12.4 Å². The van der Waals surface area contributed by atoms with Crippen LogP contribution in [0.4, 0.5) is 0 Å². The third-order valence-electron chi connectivity index (χ3n) is 2.62. The van der Waals surface area contributed by atoms with Crippen LogP contribution in [0, 0.1) is 0 Å². The Bertz CT molecular complexity index is 485. The fourth-order valence-corrected chi connectivity index (χ4v) is 2.26. The molecule has 2 rings (SSSR count). The van der Waals surface area contributed by atoms with Gasteiger partial charge in [0.25, 0.3) is 0 Å². The highest BCUT2D eigenvalue weighted by molar-refractivity contribution is 9.10. The largest absolute Gasteiger partial charge is 0.490 e. The van der Waals surface area contributed by atoms with E-state index in [4.69, 9.17) is 10.5 Å². The highest BCUT2D eigenvalue weighted by Crippen LogP contribution is 2.29. The number of nitrogens with zero attached hydrogens (tertiary/aromatic N) is 2. The smallest absolute Gasteiger partial charge is 0.136 e. The van der Waals surface area contributed by atoms with Gasteiger partial charge in [0.2, 0.25) is 0 Å². The average Bonchev–Trinajstić information content (AvgIpc) is 2.86. The van der Waals surface area contributed by atoms with Crippen LogP contribution < -0.4 is 10.5 Å². The summed E-state index contributed by atoms with van der Waals surface area (Å²) < 4.78 is 8.80. The minimum atomic E-state index is 0.608. The van der Waals surface area contributed by atoms with Crippen molar-refractivity contribution in [3.63, 3.8) is 0 Å². The Morgan fingerprint density at radius 2 is 2.28 bits per heavy atom. The number of ether oxygens (including phenoxy) is 1. The van der Waals surface area contributed by atoms with E-state index in [1.54, 1.807) is 12.5 Å². The van der Waals surface area contributed by atoms with Gasteiger partial charge in [-0.1, -0.05) is 12.1 Å². The fraction of sp³-hybridized carbons (Fsp3) is 0.308. The number of hydrogen-bond donors (Lipinski definition) is 1. The Kier molecular flexibility index (Phi) is 4.78. The van der Waals surface area contributed by atoms with Crippen LogP contribution in [-0.2, 0) is 13.0 Å². The van der Waals surface area contributed by atoms with E-state index >= 15 is 0 Å². The second-order valence-electron chi connectivity index (χ2n) is 3.92. The molecule has 18 heavy (non-hydrogen) atoms. The van der Waals surface area contributed by atoms with E-state index in [2.05, 4.69) is 20.9 Å². The van der Waals surface area contributed by atoms with E-state index in [0.717, 1.165) is 28.8 Å². The molecule has 0 amide bonds. The molecule has 1 aromatic heterocycles. The molecule has 0 saturated carbocycles. The number of benzene rings is 1. The van der Waals surface area contributed by atoms with Crippen molar-refractivity contribution in [1.29, 1.82) is 0 Å². The third kappa shape index (κ3) is 3.34. The normalized spacial score (nSPS) is 10.6. The number of aromatic nitrogens is 2. The molecule has 1 heterocycles. The van der Waals surface area contributed by atoms with Crippen LogP contribution in [0.25, 0.3) is 0 Å². The molecule has 0 atom stereocenters. The lowest BCUT2D eigenvalue weighted by molar-refractivity contribution is 0.293. The Balaban J connectivity index is 1.99. The summed E-state index contributed by atoms with van der Waals surface area (Å²) in [6, 6.07) is 6.02. The SMILES string of the molecule is NCCc1cccc(Br)c1OCCn1ccnc1. The molecule has 2 aromatic rings. The monoisotopic (exact) mass is 309 g/mol. The van der Waals surface area contributed by atoms with Gasteiger partial charge in [0.15, 0.2) is 0 Å². The molecule has 0 fully saturated rings. The third-order valence-corrected chi connectivity index (χ3v) is 3.24. The molecule has 0 aliphatic carbocycles. The minimum absolute atomic E-state index is 0.608. The lowest BCUT2D eigenvalue weighted by Crippen LogP contribution is -2.10. The van der Waals surface area contributed by atoms with Crippen LogP contribution in [0.1, 0.15) is 5.56 Å². The van der Waals surface area contributed by atoms with Gasteiger partial charge in [0, 0.05) is 12.4 Å². The van der Waals surface area contributed by atoms with Gasteiger partial charge in [0.05, 0.1) is 17.3 Å². The van der Waals surface area contributed by atoms with Gasteiger partial charge >= 0.3 is 0 Å². The first kappa shape index (κ1) is 13.1. The first-order valence-electron chi connectivity index (χ1n) is 5.87. The van der Waals surface area contributed by atoms with Crippen molar-refractivity contribution in [1.82, 2.24) is 9.55 Å². The maximum Gasteiger partial charge on any atom is 0.136 e. The minimum Gasteiger partial charge on any atom is -0.490 e. The standard InChI is InChI=1S/C13H16BrN3O/c14-12-3-1-2-11(4-5-15)13(12)18-9-8-17-7-6-16-10-17/h1-3,6-7,10H,4-5,8-9,15H2. The molecular weight excluding hydrogens is 294 g/mol. The lowest BCUT2D eigenvalue weighted by Gasteiger charge is -2.13. The molecule has 4 nitrogen and oxygen atoms in total. The summed E-state index contributed by atoms with van der Waals surface area (Å²) in [5.41, 5.74) is 6.74. The molecule has 0 spiro atoms. The van der Waals surface area contributed by atoms with Crippen molar-refractivity contribution in [3.8, 4) is 5.75 Å². The fourth-order valence-electron chi connectivity index (χ4n) is 1.74. The van der Waals surface area contributed by atoms with Crippen molar-refractivity contribution in [3.05, 3.63) is 47.0 Å². The Morgan fingerprint density at radius 3 is 3.00 bits per heavy atom. The van der Waals surface area contributed by atoms with E-state index in [1.807, 2.05) is 29.0 Å². The topological polar surface area (TPSA) is 53.1 Å². The van der Waals surface area contributed by atoms with Crippen molar-refractivity contribution < 1.29 is 4.74 Å². The predicted molar refractivity (Wildman–Crippen MR) is 74.6 cm³/mol. The molecule has 1 aromatic carbocycles. The van der Waals surface area contributed by atoms with Gasteiger partial charge < -0.3 is 15.0 Å². The summed E-state index contributed by atoms with van der Waals surface area (Å²) in [5, 5.41) is 0. The summed E-state index contributed by atoms with van der Waals surface area (Å²) in [7, 11) is 0. The molecule has 0 aliphatic rings. The Hall–Kier alpha value is -1.33. The predicted octanol–water partition coefficient (Wildman–Crippen LogP) is 2.23. The quantitative estimate of drug-likeness (QED) is 0.890. The van der Waals surface area contributed by atoms with E-state index in [1.165, 1.54) is 0 Å². The van der Waals surface area contributed by atoms with Crippen molar-refractivity contribution in [2.75, 3.05) is 13.2 Å². The van der Waals surface area contributed by atoms with Gasteiger partial charge in [-0.15, -0.1) is 0 Å². The zero-order valence-electron chi connectivity index (χ0n) is 10.1. The van der Waals surface area contributed by atoms with Crippen LogP contribution >= 0.6 is 15.9 Å². The summed E-state index contributed by atoms with van der Waals surface area (Å²) >= 11 is 3.51. The van der Waals surface area contributed by atoms with E-state index < -0.39 is 0 Å². The molecule has 0 unspecified atom stereocenters. The van der Waals surface area contributed by atoms with Gasteiger partial charge in [-0.05, 0) is 40.5 Å². The molecular formula is C13H16BrN3O. The van der Waals surface area contributed by atoms with Gasteiger partial charge in [-0.2, -0.15) is 0 Å². The number of imidazole rings is 1. The number of para-hydroxylation sites is 1. The maximum atomic E-state index is 5.84. The van der Waals surface area contributed by atoms with Crippen LogP contribution in [0.15, 0.2) is 41.4 Å². The zero-order valence-corrected chi connectivity index (χ0v) is 11.6. The van der Waals surface area contributed by atoms with Gasteiger partial charge in [-0.3, -0.25) is 0 Å². The van der Waals surface area contributed by atoms with Crippen LogP contribution in [0.2, 0.25) is 0 Å². The van der Waals surface area contributed by atoms with Crippen LogP contribution in [0.5, 0.6) is 5.75 Å². The molecule has 96 valence electrons. The molecule has 5 heteroatoms. The number of halogens is 1. The van der Waals surface area contributed by atoms with Gasteiger partial charge in [-0.25, -0.2) is 4.98 Å².